The third kappa shape index (κ3) is 6.18. The number of furan rings is 1. The zero-order valence-electron chi connectivity index (χ0n) is 23.8. The van der Waals surface area contributed by atoms with Gasteiger partial charge in [-0.2, -0.15) is 0 Å². The Bertz CT molecular complexity index is 1700. The topological polar surface area (TPSA) is 135 Å². The number of carbonyl (C=O) groups excluding carboxylic acids is 1. The molecule has 2 atom stereocenters. The third-order valence-electron chi connectivity index (χ3n) is 7.66. The van der Waals surface area contributed by atoms with Gasteiger partial charge in [0.25, 0.3) is 5.91 Å². The van der Waals surface area contributed by atoms with Gasteiger partial charge in [-0.15, -0.1) is 0 Å². The normalized spacial score (nSPS) is 20.8. The van der Waals surface area contributed by atoms with Gasteiger partial charge in [0.2, 0.25) is 20.0 Å². The SMILES string of the molecule is CNC(=O)c1c(-c2ccc(F)cc2)oc2cc3c(cc12)[C@H](C)O[C@H](COC1CCN(S(C)(=O)=O)CC1)CN3S(C)(=O)=O. The quantitative estimate of drug-likeness (QED) is 0.424. The molecule has 0 unspecified atom stereocenters. The summed E-state index contributed by atoms with van der Waals surface area (Å²) >= 11 is 0. The Morgan fingerprint density at radius 1 is 1.07 bits per heavy atom. The summed E-state index contributed by atoms with van der Waals surface area (Å²) in [5, 5.41) is 3.08. The van der Waals surface area contributed by atoms with E-state index in [1.54, 1.807) is 19.1 Å². The lowest BCUT2D eigenvalue weighted by atomic mass is 10.0. The van der Waals surface area contributed by atoms with Gasteiger partial charge in [-0.3, -0.25) is 9.10 Å². The van der Waals surface area contributed by atoms with Crippen molar-refractivity contribution in [2.45, 2.75) is 38.1 Å². The van der Waals surface area contributed by atoms with E-state index in [9.17, 15) is 26.0 Å². The molecule has 0 aliphatic carbocycles. The predicted molar refractivity (Wildman–Crippen MR) is 156 cm³/mol. The number of carbonyl (C=O) groups is 1. The number of benzene rings is 2. The molecule has 2 aliphatic rings. The monoisotopic (exact) mass is 623 g/mol. The van der Waals surface area contributed by atoms with Gasteiger partial charge in [0, 0.05) is 42.7 Å². The first kappa shape index (κ1) is 30.4. The van der Waals surface area contributed by atoms with Crippen LogP contribution in [0.25, 0.3) is 22.3 Å². The number of piperidine rings is 1. The van der Waals surface area contributed by atoms with E-state index in [1.165, 1.54) is 46.2 Å². The second-order valence-corrected chi connectivity index (χ2v) is 14.6. The van der Waals surface area contributed by atoms with Crippen molar-refractivity contribution in [3.8, 4) is 11.3 Å². The summed E-state index contributed by atoms with van der Waals surface area (Å²) in [5.74, 6) is -0.615. The van der Waals surface area contributed by atoms with E-state index in [2.05, 4.69) is 5.32 Å². The minimum absolute atomic E-state index is 0.0162. The molecular weight excluding hydrogens is 589 g/mol. The van der Waals surface area contributed by atoms with Crippen molar-refractivity contribution in [1.82, 2.24) is 9.62 Å². The van der Waals surface area contributed by atoms with Crippen LogP contribution in [0, 0.1) is 5.82 Å². The first-order valence-electron chi connectivity index (χ1n) is 13.5. The molecule has 2 aromatic carbocycles. The van der Waals surface area contributed by atoms with Crippen molar-refractivity contribution >= 4 is 42.6 Å². The molecule has 1 fully saturated rings. The average molecular weight is 624 g/mol. The lowest BCUT2D eigenvalue weighted by molar-refractivity contribution is -0.0723. The van der Waals surface area contributed by atoms with Crippen molar-refractivity contribution in [2.75, 3.05) is 50.1 Å². The van der Waals surface area contributed by atoms with E-state index < -0.39 is 44.0 Å². The van der Waals surface area contributed by atoms with Gasteiger partial charge in [0.1, 0.15) is 23.3 Å². The summed E-state index contributed by atoms with van der Waals surface area (Å²) in [6.07, 6.45) is 1.98. The Kier molecular flexibility index (Phi) is 8.38. The lowest BCUT2D eigenvalue weighted by Crippen LogP contribution is -2.42. The van der Waals surface area contributed by atoms with E-state index >= 15 is 0 Å². The highest BCUT2D eigenvalue weighted by atomic mass is 32.2. The number of sulfonamides is 2. The summed E-state index contributed by atoms with van der Waals surface area (Å²) in [6, 6.07) is 8.85. The van der Waals surface area contributed by atoms with E-state index in [-0.39, 0.29) is 30.6 Å². The van der Waals surface area contributed by atoms with Crippen LogP contribution in [0.3, 0.4) is 0 Å². The van der Waals surface area contributed by atoms with Gasteiger partial charge < -0.3 is 19.2 Å². The summed E-state index contributed by atoms with van der Waals surface area (Å²) in [4.78, 5) is 13.0. The van der Waals surface area contributed by atoms with Crippen LogP contribution < -0.4 is 9.62 Å². The first-order chi connectivity index (χ1) is 19.8. The summed E-state index contributed by atoms with van der Waals surface area (Å²) in [7, 11) is -5.54. The van der Waals surface area contributed by atoms with Crippen LogP contribution in [0.5, 0.6) is 0 Å². The van der Waals surface area contributed by atoms with Gasteiger partial charge in [-0.05, 0) is 50.1 Å². The molecule has 1 saturated heterocycles. The van der Waals surface area contributed by atoms with Crippen LogP contribution in [0.15, 0.2) is 40.8 Å². The average Bonchev–Trinajstić information content (AvgIpc) is 3.24. The number of rotatable bonds is 7. The standard InChI is InChI=1S/C28H34FN3O8S2/c1-17-22-13-23-25(40-27(26(23)28(33)30-2)18-5-7-19(29)8-6-18)14-24(22)32(42(4,36)37)15-21(39-17)16-38-20-9-11-31(12-10-20)41(3,34)35/h5-8,13-14,17,20-21H,9-12,15-16H2,1-4H3,(H,30,33)/t17-,21-/m0/s1. The smallest absolute Gasteiger partial charge is 0.255 e. The highest BCUT2D eigenvalue weighted by Crippen LogP contribution is 2.42. The number of hydrogen-bond acceptors (Lipinski definition) is 8. The number of nitrogens with one attached hydrogen (secondary N) is 1. The maximum absolute atomic E-state index is 13.6. The second kappa shape index (κ2) is 11.6. The zero-order chi connectivity index (χ0) is 30.4. The molecule has 3 aromatic rings. The largest absolute Gasteiger partial charge is 0.455 e. The van der Waals surface area contributed by atoms with Crippen LogP contribution in [0.2, 0.25) is 0 Å². The van der Waals surface area contributed by atoms with Crippen LogP contribution >= 0.6 is 0 Å². The maximum Gasteiger partial charge on any atom is 0.255 e. The summed E-state index contributed by atoms with van der Waals surface area (Å²) < 4.78 is 84.5. The Morgan fingerprint density at radius 3 is 2.33 bits per heavy atom. The maximum atomic E-state index is 13.6. The lowest BCUT2D eigenvalue weighted by Gasteiger charge is -2.31. The number of fused-ring (bicyclic) bond motifs is 2. The van der Waals surface area contributed by atoms with Crippen molar-refractivity contribution in [1.29, 1.82) is 0 Å². The minimum Gasteiger partial charge on any atom is -0.455 e. The summed E-state index contributed by atoms with van der Waals surface area (Å²) in [6.45, 7) is 2.62. The van der Waals surface area contributed by atoms with Crippen molar-refractivity contribution in [3.05, 3.63) is 53.3 Å². The molecule has 2 aliphatic heterocycles. The predicted octanol–water partition coefficient (Wildman–Crippen LogP) is 3.26. The minimum atomic E-state index is -3.77. The fourth-order valence-corrected chi connectivity index (χ4v) is 7.34. The van der Waals surface area contributed by atoms with Crippen molar-refractivity contribution in [3.63, 3.8) is 0 Å². The van der Waals surface area contributed by atoms with Crippen LogP contribution in [0.4, 0.5) is 10.1 Å². The van der Waals surface area contributed by atoms with E-state index in [4.69, 9.17) is 13.9 Å². The fraction of sp³-hybridized carbons (Fsp3) is 0.464. The number of halogens is 1. The molecule has 11 nitrogen and oxygen atoms in total. The molecule has 1 amide bonds. The third-order valence-corrected chi connectivity index (χ3v) is 10.1. The highest BCUT2D eigenvalue weighted by Gasteiger charge is 2.35. The second-order valence-electron chi connectivity index (χ2n) is 10.7. The van der Waals surface area contributed by atoms with Gasteiger partial charge in [0.15, 0.2) is 0 Å². The Balaban J connectivity index is 1.47. The molecule has 0 spiro atoms. The van der Waals surface area contributed by atoms with Gasteiger partial charge >= 0.3 is 0 Å². The number of nitrogens with zero attached hydrogens (tertiary/aromatic N) is 2. The Morgan fingerprint density at radius 2 is 1.74 bits per heavy atom. The number of hydrogen-bond donors (Lipinski definition) is 1. The van der Waals surface area contributed by atoms with E-state index in [1.807, 2.05) is 0 Å². The van der Waals surface area contributed by atoms with Crippen molar-refractivity contribution in [2.24, 2.45) is 0 Å². The summed E-state index contributed by atoms with van der Waals surface area (Å²) in [5.41, 5.74) is 1.94. The molecule has 5 rings (SSSR count). The highest BCUT2D eigenvalue weighted by molar-refractivity contribution is 7.92. The molecule has 228 valence electrons. The Labute approximate surface area is 244 Å². The van der Waals surface area contributed by atoms with Gasteiger partial charge in [-0.25, -0.2) is 25.5 Å². The number of anilines is 1. The molecule has 14 heteroatoms. The molecule has 42 heavy (non-hydrogen) atoms. The molecule has 0 saturated carbocycles. The number of ether oxygens (including phenoxy) is 2. The molecule has 0 radical (unpaired) electrons. The molecule has 1 aromatic heterocycles. The van der Waals surface area contributed by atoms with E-state index in [0.717, 1.165) is 6.26 Å². The fourth-order valence-electron chi connectivity index (χ4n) is 5.51. The molecule has 1 N–H and O–H groups in total. The van der Waals surface area contributed by atoms with Gasteiger partial charge in [-0.1, -0.05) is 0 Å². The molecule has 3 heterocycles. The van der Waals surface area contributed by atoms with Crippen LogP contribution in [-0.2, 0) is 29.5 Å². The van der Waals surface area contributed by atoms with Crippen LogP contribution in [-0.4, -0.2) is 85.1 Å². The zero-order valence-corrected chi connectivity index (χ0v) is 25.4. The number of amides is 1. The molecular formula is C28H34FN3O8S2. The van der Waals surface area contributed by atoms with Crippen LogP contribution in [0.1, 0.15) is 41.8 Å². The van der Waals surface area contributed by atoms with E-state index in [0.29, 0.717) is 53.7 Å². The molecule has 0 bridgehead atoms. The first-order valence-corrected chi connectivity index (χ1v) is 17.2. The van der Waals surface area contributed by atoms with Gasteiger partial charge in [0.05, 0.1) is 49.1 Å². The Hall–Kier alpha value is -3.04. The van der Waals surface area contributed by atoms with Crippen molar-refractivity contribution < 1.29 is 39.9 Å².